The van der Waals surface area contributed by atoms with Gasteiger partial charge in [0.25, 0.3) is 0 Å². The average molecular weight is 373 g/mol. The summed E-state index contributed by atoms with van der Waals surface area (Å²) >= 11 is 0. The molecule has 0 radical (unpaired) electrons. The first kappa shape index (κ1) is 18.7. The maximum absolute atomic E-state index is 12.8. The van der Waals surface area contributed by atoms with Crippen molar-refractivity contribution in [3.63, 3.8) is 0 Å². The fraction of sp³-hybridized carbons (Fsp3) is 0.200. The van der Waals surface area contributed by atoms with Crippen LogP contribution in [0.4, 0.5) is 19.0 Å². The van der Waals surface area contributed by atoms with Crippen LogP contribution in [0.3, 0.4) is 0 Å². The van der Waals surface area contributed by atoms with Gasteiger partial charge in [-0.3, -0.25) is 0 Å². The van der Waals surface area contributed by atoms with Gasteiger partial charge in [0.15, 0.2) is 5.82 Å². The van der Waals surface area contributed by atoms with Crippen molar-refractivity contribution in [1.29, 1.82) is 0 Å². The van der Waals surface area contributed by atoms with Crippen molar-refractivity contribution in [2.75, 3.05) is 12.4 Å². The fourth-order valence-corrected chi connectivity index (χ4v) is 2.54. The third-order valence-electron chi connectivity index (χ3n) is 4.03. The van der Waals surface area contributed by atoms with E-state index in [-0.39, 0.29) is 6.54 Å². The van der Waals surface area contributed by atoms with Crippen LogP contribution < -0.4 is 10.1 Å². The first-order valence-electron chi connectivity index (χ1n) is 8.25. The molecule has 1 aromatic heterocycles. The molecule has 4 nitrogen and oxygen atoms in total. The molecule has 3 rings (SSSR count). The Balaban J connectivity index is 1.79. The van der Waals surface area contributed by atoms with Crippen LogP contribution in [0.2, 0.25) is 0 Å². The van der Waals surface area contributed by atoms with E-state index in [1.165, 1.54) is 6.07 Å². The van der Waals surface area contributed by atoms with Crippen LogP contribution in [0.15, 0.2) is 54.7 Å². The second-order valence-corrected chi connectivity index (χ2v) is 6.01. The molecule has 0 bridgehead atoms. The van der Waals surface area contributed by atoms with E-state index in [0.717, 1.165) is 29.0 Å². The minimum absolute atomic E-state index is 0.226. The number of methoxy groups -OCH3 is 1. The van der Waals surface area contributed by atoms with Gasteiger partial charge < -0.3 is 10.1 Å². The molecule has 3 aromatic rings. The Hall–Kier alpha value is -3.09. The summed E-state index contributed by atoms with van der Waals surface area (Å²) in [5, 5.41) is 3.10. The van der Waals surface area contributed by atoms with Crippen LogP contribution in [0.25, 0.3) is 11.4 Å². The van der Waals surface area contributed by atoms with E-state index in [4.69, 9.17) is 4.74 Å². The normalized spacial score (nSPS) is 11.3. The summed E-state index contributed by atoms with van der Waals surface area (Å²) in [5.41, 5.74) is 1.48. The quantitative estimate of drug-likeness (QED) is 0.677. The summed E-state index contributed by atoms with van der Waals surface area (Å²) in [6.07, 6.45) is -2.68. The lowest BCUT2D eigenvalue weighted by molar-refractivity contribution is -0.137. The van der Waals surface area contributed by atoms with Gasteiger partial charge in [-0.25, -0.2) is 9.97 Å². The maximum atomic E-state index is 12.8. The lowest BCUT2D eigenvalue weighted by atomic mass is 10.1. The highest BCUT2D eigenvalue weighted by Crippen LogP contribution is 2.29. The van der Waals surface area contributed by atoms with Gasteiger partial charge in [-0.15, -0.1) is 0 Å². The zero-order valence-electron chi connectivity index (χ0n) is 14.8. The summed E-state index contributed by atoms with van der Waals surface area (Å²) in [4.78, 5) is 8.82. The Kier molecular flexibility index (Phi) is 5.30. The van der Waals surface area contributed by atoms with Crippen LogP contribution in [-0.4, -0.2) is 17.1 Å². The highest BCUT2D eigenvalue weighted by atomic mass is 19.4. The average Bonchev–Trinajstić information content (AvgIpc) is 2.67. The first-order chi connectivity index (χ1) is 12.9. The number of aromatic nitrogens is 2. The molecule has 0 fully saturated rings. The second-order valence-electron chi connectivity index (χ2n) is 6.01. The molecule has 140 valence electrons. The molecule has 1 heterocycles. The number of hydrogen-bond donors (Lipinski definition) is 1. The van der Waals surface area contributed by atoms with Crippen LogP contribution in [0.1, 0.15) is 16.7 Å². The summed E-state index contributed by atoms with van der Waals surface area (Å²) in [6.45, 7) is 2.07. The van der Waals surface area contributed by atoms with E-state index >= 15 is 0 Å². The van der Waals surface area contributed by atoms with Gasteiger partial charge in [-0.2, -0.15) is 13.2 Å². The Labute approximate surface area is 155 Å². The third kappa shape index (κ3) is 4.55. The molecule has 0 saturated heterocycles. The van der Waals surface area contributed by atoms with Gasteiger partial charge in [-0.05, 0) is 48.9 Å². The summed E-state index contributed by atoms with van der Waals surface area (Å²) < 4.78 is 43.7. The minimum Gasteiger partial charge on any atom is -0.497 e. The number of ether oxygens (including phenoxy) is 1. The van der Waals surface area contributed by atoms with Gasteiger partial charge in [0.1, 0.15) is 11.6 Å². The van der Waals surface area contributed by atoms with Crippen LogP contribution in [0, 0.1) is 6.92 Å². The van der Waals surface area contributed by atoms with Crippen molar-refractivity contribution in [2.24, 2.45) is 0 Å². The van der Waals surface area contributed by atoms with Crippen molar-refractivity contribution < 1.29 is 17.9 Å². The van der Waals surface area contributed by atoms with Crippen molar-refractivity contribution in [2.45, 2.75) is 19.6 Å². The molecule has 0 spiro atoms. The number of benzene rings is 2. The molecule has 0 aliphatic heterocycles. The number of halogens is 3. The minimum atomic E-state index is -4.36. The Morgan fingerprint density at radius 3 is 2.48 bits per heavy atom. The summed E-state index contributed by atoms with van der Waals surface area (Å²) in [5.74, 6) is 1.83. The lowest BCUT2D eigenvalue weighted by Crippen LogP contribution is -2.08. The van der Waals surface area contributed by atoms with Crippen molar-refractivity contribution in [1.82, 2.24) is 9.97 Å². The molecule has 0 aliphatic rings. The highest BCUT2D eigenvalue weighted by molar-refractivity contribution is 5.59. The molecular weight excluding hydrogens is 355 g/mol. The van der Waals surface area contributed by atoms with Gasteiger partial charge >= 0.3 is 6.18 Å². The van der Waals surface area contributed by atoms with E-state index in [2.05, 4.69) is 15.3 Å². The van der Waals surface area contributed by atoms with E-state index in [1.54, 1.807) is 19.4 Å². The van der Waals surface area contributed by atoms with E-state index in [0.29, 0.717) is 17.2 Å². The van der Waals surface area contributed by atoms with Crippen molar-refractivity contribution in [3.05, 3.63) is 71.4 Å². The van der Waals surface area contributed by atoms with E-state index in [9.17, 15) is 13.2 Å². The smallest absolute Gasteiger partial charge is 0.416 e. The van der Waals surface area contributed by atoms with E-state index in [1.807, 2.05) is 31.2 Å². The molecule has 0 unspecified atom stereocenters. The third-order valence-corrected chi connectivity index (χ3v) is 4.03. The fourth-order valence-electron chi connectivity index (χ4n) is 2.54. The number of anilines is 1. The summed E-state index contributed by atoms with van der Waals surface area (Å²) in [6, 6.07) is 12.6. The molecule has 2 aromatic carbocycles. The molecule has 27 heavy (non-hydrogen) atoms. The molecule has 0 saturated carbocycles. The number of alkyl halides is 3. The van der Waals surface area contributed by atoms with Gasteiger partial charge in [-0.1, -0.05) is 12.1 Å². The zero-order chi connectivity index (χ0) is 19.4. The monoisotopic (exact) mass is 373 g/mol. The maximum Gasteiger partial charge on any atom is 0.416 e. The van der Waals surface area contributed by atoms with Crippen LogP contribution in [0.5, 0.6) is 5.75 Å². The topological polar surface area (TPSA) is 47.0 Å². The Morgan fingerprint density at radius 1 is 1.07 bits per heavy atom. The number of rotatable bonds is 5. The predicted octanol–water partition coefficient (Wildman–Crippen LogP) is 5.09. The SMILES string of the molecule is COc1ccc(-c2ncc(C)c(NCc3cccc(C(F)(F)F)c3)n2)cc1. The largest absolute Gasteiger partial charge is 0.497 e. The molecular formula is C20H18F3N3O. The Morgan fingerprint density at radius 2 is 1.81 bits per heavy atom. The highest BCUT2D eigenvalue weighted by Gasteiger charge is 2.30. The summed E-state index contributed by atoms with van der Waals surface area (Å²) in [7, 11) is 1.59. The number of hydrogen-bond acceptors (Lipinski definition) is 4. The molecule has 0 aliphatic carbocycles. The Bertz CT molecular complexity index is 925. The van der Waals surface area contributed by atoms with Gasteiger partial charge in [0, 0.05) is 23.9 Å². The lowest BCUT2D eigenvalue weighted by Gasteiger charge is -2.12. The predicted molar refractivity (Wildman–Crippen MR) is 97.5 cm³/mol. The van der Waals surface area contributed by atoms with Gasteiger partial charge in [0.05, 0.1) is 12.7 Å². The van der Waals surface area contributed by atoms with Gasteiger partial charge in [0.2, 0.25) is 0 Å². The zero-order valence-corrected chi connectivity index (χ0v) is 14.8. The number of nitrogens with zero attached hydrogens (tertiary/aromatic N) is 2. The molecule has 1 N–H and O–H groups in total. The second kappa shape index (κ2) is 7.65. The molecule has 7 heteroatoms. The van der Waals surface area contributed by atoms with Crippen LogP contribution >= 0.6 is 0 Å². The number of nitrogens with one attached hydrogen (secondary N) is 1. The number of aryl methyl sites for hydroxylation is 1. The standard InChI is InChI=1S/C20H18F3N3O/c1-13-11-24-19(15-6-8-17(27-2)9-7-15)26-18(13)25-12-14-4-3-5-16(10-14)20(21,22)23/h3-11H,12H2,1-2H3,(H,24,25,26). The van der Waals surface area contributed by atoms with E-state index < -0.39 is 11.7 Å². The van der Waals surface area contributed by atoms with Crippen molar-refractivity contribution >= 4 is 5.82 Å². The first-order valence-corrected chi connectivity index (χ1v) is 8.25. The van der Waals surface area contributed by atoms with Crippen molar-refractivity contribution in [3.8, 4) is 17.1 Å². The molecule has 0 amide bonds. The van der Waals surface area contributed by atoms with Crippen LogP contribution in [-0.2, 0) is 12.7 Å². The molecule has 0 atom stereocenters.